The fraction of sp³-hybridized carbons (Fsp3) is 0.154. The normalized spacial score (nSPS) is 11.0. The van der Waals surface area contributed by atoms with Gasteiger partial charge in [0.2, 0.25) is 0 Å². The zero-order valence-electron chi connectivity index (χ0n) is 17.8. The van der Waals surface area contributed by atoms with Crippen LogP contribution in [0.3, 0.4) is 0 Å². The Morgan fingerprint density at radius 2 is 1.75 bits per heavy atom. The average molecular weight is 446 g/mol. The minimum absolute atomic E-state index is 0.0992. The van der Waals surface area contributed by atoms with Crippen LogP contribution < -0.4 is 10.4 Å². The zero-order valence-corrected chi connectivity index (χ0v) is 18.6. The molecule has 0 unspecified atom stereocenters. The molecule has 5 nitrogen and oxygen atoms in total. The number of hydrogen-bond donors (Lipinski definition) is 1. The molecule has 2 aromatic heterocycles. The molecule has 0 atom stereocenters. The van der Waals surface area contributed by atoms with E-state index in [1.54, 1.807) is 36.7 Å². The lowest BCUT2D eigenvalue weighted by atomic mass is 10.0. The van der Waals surface area contributed by atoms with E-state index >= 15 is 0 Å². The topological polar surface area (TPSA) is 72.6 Å². The molecule has 4 aromatic rings. The third-order valence-corrected chi connectivity index (χ3v) is 6.11. The maximum Gasteiger partial charge on any atom is 0.354 e. The highest BCUT2D eigenvalue weighted by Gasteiger charge is 2.16. The summed E-state index contributed by atoms with van der Waals surface area (Å²) in [5, 5.41) is 10.6. The fourth-order valence-electron chi connectivity index (χ4n) is 3.23. The summed E-state index contributed by atoms with van der Waals surface area (Å²) in [6.07, 6.45) is 3.44. The first-order chi connectivity index (χ1) is 15.5. The number of benzene rings is 2. The van der Waals surface area contributed by atoms with Crippen LogP contribution in [-0.4, -0.2) is 10.1 Å². The second-order valence-electron chi connectivity index (χ2n) is 7.58. The minimum atomic E-state index is -0.568. The van der Waals surface area contributed by atoms with Gasteiger partial charge in [0.25, 0.3) is 0 Å². The Labute approximate surface area is 190 Å². The Hall–Kier alpha value is -3.51. The lowest BCUT2D eigenvalue weighted by molar-refractivity contribution is 0.306. The molecule has 0 spiro atoms. The van der Waals surface area contributed by atoms with Gasteiger partial charge in [0.1, 0.15) is 28.8 Å². The molecule has 0 aliphatic heterocycles. The van der Waals surface area contributed by atoms with Crippen molar-refractivity contribution >= 4 is 11.8 Å². The van der Waals surface area contributed by atoms with Gasteiger partial charge < -0.3 is 14.3 Å². The van der Waals surface area contributed by atoms with Crippen LogP contribution >= 0.6 is 11.8 Å². The lowest BCUT2D eigenvalue weighted by Crippen LogP contribution is -2.03. The second-order valence-corrected chi connectivity index (χ2v) is 8.63. The van der Waals surface area contributed by atoms with E-state index < -0.39 is 5.63 Å². The van der Waals surface area contributed by atoms with Crippen LogP contribution in [0.25, 0.3) is 11.3 Å². The van der Waals surface area contributed by atoms with Gasteiger partial charge in [-0.3, -0.25) is 4.98 Å². The van der Waals surface area contributed by atoms with E-state index in [1.807, 2.05) is 36.4 Å². The smallest absolute Gasteiger partial charge is 0.354 e. The Morgan fingerprint density at radius 1 is 1.03 bits per heavy atom. The Bertz CT molecular complexity index is 1250. The highest BCUT2D eigenvalue weighted by molar-refractivity contribution is 7.99. The number of pyridine rings is 1. The fourth-order valence-corrected chi connectivity index (χ4v) is 4.30. The summed E-state index contributed by atoms with van der Waals surface area (Å²) in [6, 6.07) is 20.3. The van der Waals surface area contributed by atoms with Gasteiger partial charge in [-0.25, -0.2) is 4.79 Å². The minimum Gasteiger partial charge on any atom is -0.506 e. The number of hydrogen-bond acceptors (Lipinski definition) is 6. The first-order valence-corrected chi connectivity index (χ1v) is 11.1. The molecule has 0 amide bonds. The van der Waals surface area contributed by atoms with Crippen LogP contribution in [0.15, 0.2) is 98.1 Å². The van der Waals surface area contributed by atoms with Gasteiger partial charge in [0.15, 0.2) is 0 Å². The Balaban J connectivity index is 1.52. The van der Waals surface area contributed by atoms with Crippen LogP contribution in [-0.2, 0) is 6.61 Å². The molecule has 1 N–H and O–H groups in total. The van der Waals surface area contributed by atoms with E-state index in [9.17, 15) is 9.90 Å². The molecule has 162 valence electrons. The molecule has 4 rings (SSSR count). The second kappa shape index (κ2) is 9.75. The summed E-state index contributed by atoms with van der Waals surface area (Å²) in [5.74, 6) is 1.19. The molecule has 0 aliphatic carbocycles. The summed E-state index contributed by atoms with van der Waals surface area (Å²) < 4.78 is 11.3. The van der Waals surface area contributed by atoms with Gasteiger partial charge in [0, 0.05) is 28.9 Å². The zero-order chi connectivity index (χ0) is 22.5. The van der Waals surface area contributed by atoms with Crippen molar-refractivity contribution < 1.29 is 14.3 Å². The molecule has 0 fully saturated rings. The lowest BCUT2D eigenvalue weighted by Gasteiger charge is -2.12. The monoisotopic (exact) mass is 445 g/mol. The van der Waals surface area contributed by atoms with E-state index in [1.165, 1.54) is 17.8 Å². The summed E-state index contributed by atoms with van der Waals surface area (Å²) in [6.45, 7) is 4.62. The number of aromatic nitrogens is 1. The molecule has 2 heterocycles. The standard InChI is InChI=1S/C26H23NO4S/c1-17(2)21-5-3-4-6-24(21)32-25-22(28)15-23(31-26(25)29)19-7-9-20(10-8-19)30-16-18-11-13-27-14-12-18/h3-15,17,28H,16H2,1-2H3. The molecule has 2 aromatic carbocycles. The van der Waals surface area contributed by atoms with Crippen LogP contribution in [0.5, 0.6) is 11.5 Å². The molecule has 0 saturated heterocycles. The van der Waals surface area contributed by atoms with Crippen molar-refractivity contribution in [3.63, 3.8) is 0 Å². The van der Waals surface area contributed by atoms with E-state index in [-0.39, 0.29) is 10.6 Å². The highest BCUT2D eigenvalue weighted by Crippen LogP contribution is 2.37. The molecule has 6 heteroatoms. The molecule has 0 radical (unpaired) electrons. The first kappa shape index (κ1) is 21.7. The molecular weight excluding hydrogens is 422 g/mol. The van der Waals surface area contributed by atoms with Crippen molar-refractivity contribution in [2.75, 3.05) is 0 Å². The van der Waals surface area contributed by atoms with Crippen LogP contribution in [0.1, 0.15) is 30.9 Å². The SMILES string of the molecule is CC(C)c1ccccc1Sc1c(O)cc(-c2ccc(OCc3ccncc3)cc2)oc1=O. The third kappa shape index (κ3) is 5.03. The van der Waals surface area contributed by atoms with Gasteiger partial charge in [-0.1, -0.05) is 43.8 Å². The van der Waals surface area contributed by atoms with Crippen LogP contribution in [0.4, 0.5) is 0 Å². The summed E-state index contributed by atoms with van der Waals surface area (Å²) in [4.78, 5) is 17.8. The molecule has 0 bridgehead atoms. The van der Waals surface area contributed by atoms with Crippen LogP contribution in [0.2, 0.25) is 0 Å². The summed E-state index contributed by atoms with van der Waals surface area (Å²) in [5.41, 5.74) is 2.24. The number of rotatable bonds is 7. The molecule has 0 saturated carbocycles. The maximum absolute atomic E-state index is 12.7. The van der Waals surface area contributed by atoms with Crippen molar-refractivity contribution in [1.82, 2.24) is 4.98 Å². The van der Waals surface area contributed by atoms with Gasteiger partial charge in [-0.15, -0.1) is 0 Å². The number of nitrogens with zero attached hydrogens (tertiary/aromatic N) is 1. The van der Waals surface area contributed by atoms with Gasteiger partial charge in [-0.2, -0.15) is 0 Å². The maximum atomic E-state index is 12.7. The van der Waals surface area contributed by atoms with Gasteiger partial charge in [0.05, 0.1) is 0 Å². The van der Waals surface area contributed by atoms with E-state index in [0.29, 0.717) is 29.6 Å². The van der Waals surface area contributed by atoms with Crippen molar-refractivity contribution in [1.29, 1.82) is 0 Å². The molecular formula is C26H23NO4S. The van der Waals surface area contributed by atoms with Gasteiger partial charge in [-0.05, 0) is 59.5 Å². The van der Waals surface area contributed by atoms with E-state index in [0.717, 1.165) is 16.0 Å². The predicted octanol–water partition coefficient (Wildman–Crippen LogP) is 6.26. The first-order valence-electron chi connectivity index (χ1n) is 10.3. The van der Waals surface area contributed by atoms with E-state index in [2.05, 4.69) is 18.8 Å². The average Bonchev–Trinajstić information content (AvgIpc) is 2.81. The van der Waals surface area contributed by atoms with Crippen molar-refractivity contribution in [2.24, 2.45) is 0 Å². The van der Waals surface area contributed by atoms with Gasteiger partial charge >= 0.3 is 5.63 Å². The predicted molar refractivity (Wildman–Crippen MR) is 125 cm³/mol. The molecule has 32 heavy (non-hydrogen) atoms. The third-order valence-electron chi connectivity index (χ3n) is 4.94. The largest absolute Gasteiger partial charge is 0.506 e. The summed E-state index contributed by atoms with van der Waals surface area (Å²) in [7, 11) is 0. The quantitative estimate of drug-likeness (QED) is 0.362. The van der Waals surface area contributed by atoms with Crippen molar-refractivity contribution in [2.45, 2.75) is 36.2 Å². The Morgan fingerprint density at radius 3 is 2.44 bits per heavy atom. The number of ether oxygens (including phenoxy) is 1. The Kier molecular flexibility index (Phi) is 6.61. The molecule has 0 aliphatic rings. The number of aromatic hydroxyl groups is 1. The van der Waals surface area contributed by atoms with E-state index in [4.69, 9.17) is 9.15 Å². The van der Waals surface area contributed by atoms with Crippen LogP contribution in [0, 0.1) is 0 Å². The highest BCUT2D eigenvalue weighted by atomic mass is 32.2. The van der Waals surface area contributed by atoms with Crippen molar-refractivity contribution in [3.05, 3.63) is 101 Å². The van der Waals surface area contributed by atoms with Crippen molar-refractivity contribution in [3.8, 4) is 22.8 Å². The summed E-state index contributed by atoms with van der Waals surface area (Å²) >= 11 is 1.23.